The van der Waals surface area contributed by atoms with E-state index >= 15 is 0 Å². The summed E-state index contributed by atoms with van der Waals surface area (Å²) < 4.78 is 29.5. The molecule has 33 heavy (non-hydrogen) atoms. The molecule has 6 nitrogen and oxygen atoms in total. The van der Waals surface area contributed by atoms with E-state index in [2.05, 4.69) is 15.4 Å². The Morgan fingerprint density at radius 2 is 1.48 bits per heavy atom. The van der Waals surface area contributed by atoms with Gasteiger partial charge in [-0.05, 0) is 112 Å². The molecular formula is C25H29N3O3S2. The van der Waals surface area contributed by atoms with E-state index in [1.807, 2.05) is 6.07 Å². The molecule has 4 saturated carbocycles. The Kier molecular flexibility index (Phi) is 5.79. The van der Waals surface area contributed by atoms with Gasteiger partial charge in [0.15, 0.2) is 10.9 Å². The topological polar surface area (TPSA) is 87.3 Å². The third-order valence-electron chi connectivity index (χ3n) is 7.34. The van der Waals surface area contributed by atoms with E-state index in [0.29, 0.717) is 39.8 Å². The van der Waals surface area contributed by atoms with Gasteiger partial charge in [0.1, 0.15) is 0 Å². The van der Waals surface area contributed by atoms with Crippen molar-refractivity contribution in [2.45, 2.75) is 55.9 Å². The van der Waals surface area contributed by atoms with E-state index in [9.17, 15) is 13.2 Å². The Bertz CT molecular complexity index is 1160. The minimum absolute atomic E-state index is 0.0171. The molecule has 0 amide bonds. The van der Waals surface area contributed by atoms with Crippen LogP contribution in [0.2, 0.25) is 0 Å². The Balaban J connectivity index is 1.23. The minimum atomic E-state index is -3.59. The highest BCUT2D eigenvalue weighted by Crippen LogP contribution is 2.55. The SMILES string of the molecule is CC(=O)c1cccc(NC(=S)Nc2ccc(S(=O)(=O)NC34CC5CC(CC(C5)C3)C4)cc2)c1. The van der Waals surface area contributed by atoms with Gasteiger partial charge in [0.25, 0.3) is 0 Å². The largest absolute Gasteiger partial charge is 0.332 e. The smallest absolute Gasteiger partial charge is 0.241 e. The number of nitrogens with one attached hydrogen (secondary N) is 3. The molecule has 4 bridgehead atoms. The quantitative estimate of drug-likeness (QED) is 0.398. The number of thiocarbonyl (C=S) groups is 1. The maximum Gasteiger partial charge on any atom is 0.241 e. The minimum Gasteiger partial charge on any atom is -0.332 e. The van der Waals surface area contributed by atoms with Gasteiger partial charge in [0.05, 0.1) is 4.90 Å². The van der Waals surface area contributed by atoms with Gasteiger partial charge in [-0.15, -0.1) is 0 Å². The Hall–Kier alpha value is -2.29. The lowest BCUT2D eigenvalue weighted by atomic mass is 9.53. The highest BCUT2D eigenvalue weighted by Gasteiger charge is 2.52. The molecule has 2 aromatic carbocycles. The molecule has 2 aromatic rings. The number of hydrogen-bond acceptors (Lipinski definition) is 4. The second kappa shape index (κ2) is 8.49. The van der Waals surface area contributed by atoms with Crippen LogP contribution in [0.15, 0.2) is 53.4 Å². The van der Waals surface area contributed by atoms with Crippen LogP contribution in [0.1, 0.15) is 55.8 Å². The van der Waals surface area contributed by atoms with Crippen molar-refractivity contribution in [1.29, 1.82) is 0 Å². The van der Waals surface area contributed by atoms with Crippen LogP contribution in [0.4, 0.5) is 11.4 Å². The zero-order chi connectivity index (χ0) is 23.2. The van der Waals surface area contributed by atoms with Gasteiger partial charge in [-0.25, -0.2) is 13.1 Å². The summed E-state index contributed by atoms with van der Waals surface area (Å²) >= 11 is 5.37. The van der Waals surface area contributed by atoms with Crippen LogP contribution < -0.4 is 15.4 Å². The summed E-state index contributed by atoms with van der Waals surface area (Å²) in [6.45, 7) is 1.52. The lowest BCUT2D eigenvalue weighted by Gasteiger charge is -2.56. The van der Waals surface area contributed by atoms with Gasteiger partial charge in [-0.3, -0.25) is 4.79 Å². The van der Waals surface area contributed by atoms with Crippen LogP contribution in [0.5, 0.6) is 0 Å². The Labute approximate surface area is 200 Å². The molecule has 0 spiro atoms. The number of benzene rings is 2. The molecule has 0 aliphatic heterocycles. The number of carbonyl (C=O) groups excluding carboxylic acids is 1. The predicted octanol–water partition coefficient (Wildman–Crippen LogP) is 4.95. The van der Waals surface area contributed by atoms with Crippen LogP contribution >= 0.6 is 12.2 Å². The van der Waals surface area contributed by atoms with E-state index in [0.717, 1.165) is 19.3 Å². The molecular weight excluding hydrogens is 454 g/mol. The molecule has 174 valence electrons. The van der Waals surface area contributed by atoms with Crippen molar-refractivity contribution < 1.29 is 13.2 Å². The highest BCUT2D eigenvalue weighted by atomic mass is 32.2. The normalized spacial score (nSPS) is 27.8. The van der Waals surface area contributed by atoms with Crippen molar-refractivity contribution in [3.8, 4) is 0 Å². The van der Waals surface area contributed by atoms with Crippen LogP contribution in [0.25, 0.3) is 0 Å². The van der Waals surface area contributed by atoms with E-state index in [-0.39, 0.29) is 16.2 Å². The molecule has 0 radical (unpaired) electrons. The first-order chi connectivity index (χ1) is 15.7. The fraction of sp³-hybridized carbons (Fsp3) is 0.440. The summed E-state index contributed by atoms with van der Waals surface area (Å²) in [5.74, 6) is 2.01. The monoisotopic (exact) mass is 483 g/mol. The summed E-state index contributed by atoms with van der Waals surface area (Å²) in [4.78, 5) is 11.8. The Morgan fingerprint density at radius 1 is 0.909 bits per heavy atom. The molecule has 3 N–H and O–H groups in total. The van der Waals surface area contributed by atoms with Crippen molar-refractivity contribution in [3.05, 3.63) is 54.1 Å². The molecule has 0 unspecified atom stereocenters. The van der Waals surface area contributed by atoms with Crippen molar-refractivity contribution in [3.63, 3.8) is 0 Å². The second-order valence-corrected chi connectivity index (χ2v) is 12.1. The average molecular weight is 484 g/mol. The zero-order valence-electron chi connectivity index (χ0n) is 18.6. The van der Waals surface area contributed by atoms with E-state index < -0.39 is 10.0 Å². The first kappa shape index (κ1) is 22.5. The van der Waals surface area contributed by atoms with Crippen LogP contribution in [0.3, 0.4) is 0 Å². The van der Waals surface area contributed by atoms with Crippen molar-refractivity contribution in [1.82, 2.24) is 4.72 Å². The van der Waals surface area contributed by atoms with Crippen molar-refractivity contribution in [2.75, 3.05) is 10.6 Å². The molecule has 4 aliphatic rings. The summed E-state index contributed by atoms with van der Waals surface area (Å²) in [6, 6.07) is 13.8. The van der Waals surface area contributed by atoms with E-state index in [1.54, 1.807) is 42.5 Å². The van der Waals surface area contributed by atoms with Crippen molar-refractivity contribution in [2.24, 2.45) is 17.8 Å². The maximum atomic E-state index is 13.2. The number of Topliss-reactive ketones (excluding diaryl/α,β-unsaturated/α-hetero) is 1. The van der Waals surface area contributed by atoms with Gasteiger partial charge in [0.2, 0.25) is 10.0 Å². The van der Waals surface area contributed by atoms with Crippen LogP contribution in [-0.2, 0) is 10.0 Å². The van der Waals surface area contributed by atoms with E-state index in [1.165, 1.54) is 26.2 Å². The van der Waals surface area contributed by atoms with E-state index in [4.69, 9.17) is 12.2 Å². The molecule has 4 fully saturated rings. The van der Waals surface area contributed by atoms with Gasteiger partial charge in [-0.2, -0.15) is 0 Å². The number of rotatable bonds is 6. The molecule has 0 saturated heterocycles. The predicted molar refractivity (Wildman–Crippen MR) is 134 cm³/mol. The average Bonchev–Trinajstić information content (AvgIpc) is 2.72. The zero-order valence-corrected chi connectivity index (χ0v) is 20.3. The highest BCUT2D eigenvalue weighted by molar-refractivity contribution is 7.89. The molecule has 8 heteroatoms. The van der Waals surface area contributed by atoms with Gasteiger partial charge >= 0.3 is 0 Å². The third kappa shape index (κ3) is 4.83. The van der Waals surface area contributed by atoms with Crippen molar-refractivity contribution >= 4 is 44.5 Å². The third-order valence-corrected chi connectivity index (χ3v) is 9.14. The first-order valence-corrected chi connectivity index (χ1v) is 13.4. The molecule has 0 heterocycles. The summed E-state index contributed by atoms with van der Waals surface area (Å²) in [5.41, 5.74) is 1.73. The number of ketones is 1. The van der Waals surface area contributed by atoms with Gasteiger partial charge in [-0.1, -0.05) is 12.1 Å². The number of sulfonamides is 1. The molecule has 0 atom stereocenters. The lowest BCUT2D eigenvalue weighted by Crippen LogP contribution is -2.59. The summed E-state index contributed by atoms with van der Waals surface area (Å²) in [6.07, 6.45) is 6.74. The fourth-order valence-corrected chi connectivity index (χ4v) is 8.07. The second-order valence-electron chi connectivity index (χ2n) is 10.0. The van der Waals surface area contributed by atoms with Crippen LogP contribution in [0, 0.1) is 17.8 Å². The first-order valence-electron chi connectivity index (χ1n) is 11.5. The van der Waals surface area contributed by atoms with Gasteiger partial charge < -0.3 is 10.6 Å². The molecule has 6 rings (SSSR count). The number of carbonyl (C=O) groups is 1. The van der Waals surface area contributed by atoms with Crippen LogP contribution in [-0.4, -0.2) is 24.9 Å². The standard InChI is InChI=1S/C25H29N3O3S2/c1-16(29)20-3-2-4-22(12-20)27-24(32)26-21-5-7-23(8-6-21)33(30,31)28-25-13-17-9-18(14-25)11-19(10-17)15-25/h2-8,12,17-19,28H,9-11,13-15H2,1H3,(H2,26,27,32). The Morgan fingerprint density at radius 3 is 2.06 bits per heavy atom. The fourth-order valence-electron chi connectivity index (χ4n) is 6.41. The molecule has 0 aromatic heterocycles. The summed E-state index contributed by atoms with van der Waals surface area (Å²) in [5, 5.41) is 6.48. The number of anilines is 2. The maximum absolute atomic E-state index is 13.2. The van der Waals surface area contributed by atoms with Gasteiger partial charge in [0, 0.05) is 22.5 Å². The summed E-state index contributed by atoms with van der Waals surface area (Å²) in [7, 11) is -3.59. The lowest BCUT2D eigenvalue weighted by molar-refractivity contribution is -0.00810. The molecule has 4 aliphatic carbocycles. The number of hydrogen-bond donors (Lipinski definition) is 3.